The molecule has 1 amide bonds. The molecule has 4 nitrogen and oxygen atoms in total. The van der Waals surface area contributed by atoms with E-state index in [1.54, 1.807) is 7.11 Å². The van der Waals surface area contributed by atoms with E-state index in [0.717, 1.165) is 30.1 Å². The van der Waals surface area contributed by atoms with Crippen LogP contribution in [0.15, 0.2) is 18.2 Å². The van der Waals surface area contributed by atoms with Gasteiger partial charge in [-0.2, -0.15) is 0 Å². The topological polar surface area (TPSA) is 50.4 Å². The second-order valence-electron chi connectivity index (χ2n) is 4.65. The molecule has 1 atom stereocenters. The summed E-state index contributed by atoms with van der Waals surface area (Å²) in [6.07, 6.45) is 0. The molecule has 0 heterocycles. The van der Waals surface area contributed by atoms with Crippen LogP contribution in [-0.4, -0.2) is 26.2 Å². The molecule has 18 heavy (non-hydrogen) atoms. The number of hydrogen-bond acceptors (Lipinski definition) is 3. The second-order valence-corrected chi connectivity index (χ2v) is 4.65. The number of aryl methyl sites for hydroxylation is 1. The Morgan fingerprint density at radius 2 is 2.17 bits per heavy atom. The number of methoxy groups -OCH3 is 1. The number of anilines is 2. The normalized spacial score (nSPS) is 12.0. The van der Waals surface area contributed by atoms with Gasteiger partial charge in [-0.3, -0.25) is 4.79 Å². The molecule has 100 valence electrons. The number of rotatable bonds is 6. The minimum Gasteiger partial charge on any atom is -0.385 e. The van der Waals surface area contributed by atoms with E-state index in [0.29, 0.717) is 5.92 Å². The molecule has 1 unspecified atom stereocenters. The molecule has 0 saturated carbocycles. The monoisotopic (exact) mass is 250 g/mol. The van der Waals surface area contributed by atoms with Crippen LogP contribution in [0, 0.1) is 12.8 Å². The Balaban J connectivity index is 2.64. The lowest BCUT2D eigenvalue weighted by Gasteiger charge is -2.14. The van der Waals surface area contributed by atoms with Crippen LogP contribution in [0.25, 0.3) is 0 Å². The van der Waals surface area contributed by atoms with Crippen molar-refractivity contribution >= 4 is 17.3 Å². The Morgan fingerprint density at radius 1 is 1.44 bits per heavy atom. The maximum atomic E-state index is 11.1. The van der Waals surface area contributed by atoms with Gasteiger partial charge in [0, 0.05) is 32.0 Å². The minimum absolute atomic E-state index is 0.0528. The predicted molar refractivity (Wildman–Crippen MR) is 75.0 cm³/mol. The van der Waals surface area contributed by atoms with Gasteiger partial charge < -0.3 is 15.4 Å². The molecule has 0 aliphatic carbocycles. The van der Waals surface area contributed by atoms with Crippen molar-refractivity contribution in [2.45, 2.75) is 20.8 Å². The summed E-state index contributed by atoms with van der Waals surface area (Å²) in [5.41, 5.74) is 2.92. The Hall–Kier alpha value is -1.55. The van der Waals surface area contributed by atoms with Crippen molar-refractivity contribution in [3.63, 3.8) is 0 Å². The molecule has 0 aliphatic heterocycles. The van der Waals surface area contributed by atoms with Crippen LogP contribution in [0.2, 0.25) is 0 Å². The van der Waals surface area contributed by atoms with Gasteiger partial charge in [0.2, 0.25) is 5.91 Å². The molecule has 0 bridgehead atoms. The highest BCUT2D eigenvalue weighted by Gasteiger charge is 2.04. The summed E-state index contributed by atoms with van der Waals surface area (Å²) in [7, 11) is 1.71. The maximum absolute atomic E-state index is 11.1. The van der Waals surface area contributed by atoms with Crippen molar-refractivity contribution in [3.05, 3.63) is 23.8 Å². The third-order valence-corrected chi connectivity index (χ3v) is 2.65. The maximum Gasteiger partial charge on any atom is 0.221 e. The average Bonchev–Trinajstić information content (AvgIpc) is 2.30. The number of carbonyl (C=O) groups is 1. The van der Waals surface area contributed by atoms with Crippen LogP contribution in [0.4, 0.5) is 11.4 Å². The second kappa shape index (κ2) is 7.01. The molecule has 0 saturated heterocycles. The summed E-state index contributed by atoms with van der Waals surface area (Å²) in [5, 5.41) is 6.16. The van der Waals surface area contributed by atoms with Crippen LogP contribution in [0.5, 0.6) is 0 Å². The van der Waals surface area contributed by atoms with E-state index >= 15 is 0 Å². The van der Waals surface area contributed by atoms with Gasteiger partial charge in [-0.1, -0.05) is 13.0 Å². The summed E-state index contributed by atoms with van der Waals surface area (Å²) in [6.45, 7) is 7.19. The van der Waals surface area contributed by atoms with Gasteiger partial charge in [0.15, 0.2) is 0 Å². The van der Waals surface area contributed by atoms with Gasteiger partial charge >= 0.3 is 0 Å². The molecule has 1 aromatic carbocycles. The van der Waals surface area contributed by atoms with E-state index < -0.39 is 0 Å². The highest BCUT2D eigenvalue weighted by Crippen LogP contribution is 2.20. The van der Waals surface area contributed by atoms with Crippen LogP contribution < -0.4 is 10.6 Å². The van der Waals surface area contributed by atoms with Crippen molar-refractivity contribution in [3.8, 4) is 0 Å². The molecule has 1 rings (SSSR count). The average molecular weight is 250 g/mol. The molecule has 0 spiro atoms. The van der Waals surface area contributed by atoms with Crippen molar-refractivity contribution in [1.82, 2.24) is 0 Å². The molecule has 0 aromatic heterocycles. The fraction of sp³-hybridized carbons (Fsp3) is 0.500. The smallest absolute Gasteiger partial charge is 0.221 e. The number of ether oxygens (including phenoxy) is 1. The number of hydrogen-bond donors (Lipinski definition) is 2. The third kappa shape index (κ3) is 4.75. The Labute approximate surface area is 109 Å². The molecule has 1 aromatic rings. The standard InChI is InChI=1S/C14H22N2O2/c1-10(9-18-4)8-15-13-6-5-11(2)14(7-13)16-12(3)17/h5-7,10,15H,8-9H2,1-4H3,(H,16,17). The van der Waals surface area contributed by atoms with E-state index in [1.807, 2.05) is 25.1 Å². The molecular formula is C14H22N2O2. The Bertz CT molecular complexity index is 405. The zero-order valence-corrected chi connectivity index (χ0v) is 11.5. The summed E-state index contributed by atoms with van der Waals surface area (Å²) in [4.78, 5) is 11.1. The quantitative estimate of drug-likeness (QED) is 0.816. The first-order valence-corrected chi connectivity index (χ1v) is 6.14. The van der Waals surface area contributed by atoms with Crippen LogP contribution in [0.1, 0.15) is 19.4 Å². The van der Waals surface area contributed by atoms with Gasteiger partial charge in [0.25, 0.3) is 0 Å². The lowest BCUT2D eigenvalue weighted by molar-refractivity contribution is -0.114. The van der Waals surface area contributed by atoms with Crippen LogP contribution in [0.3, 0.4) is 0 Å². The highest BCUT2D eigenvalue weighted by atomic mass is 16.5. The molecule has 4 heteroatoms. The summed E-state index contributed by atoms with van der Waals surface area (Å²) in [6, 6.07) is 5.96. The van der Waals surface area contributed by atoms with Crippen LogP contribution >= 0.6 is 0 Å². The summed E-state index contributed by atoms with van der Waals surface area (Å²) in [5.74, 6) is 0.392. The van der Waals surface area contributed by atoms with Crippen molar-refractivity contribution in [1.29, 1.82) is 0 Å². The summed E-state index contributed by atoms with van der Waals surface area (Å²) >= 11 is 0. The van der Waals surface area contributed by atoms with Gasteiger partial charge in [0.1, 0.15) is 0 Å². The zero-order chi connectivity index (χ0) is 13.5. The van der Waals surface area contributed by atoms with E-state index in [-0.39, 0.29) is 5.91 Å². The van der Waals surface area contributed by atoms with E-state index in [2.05, 4.69) is 17.6 Å². The van der Waals surface area contributed by atoms with Crippen molar-refractivity contribution in [2.24, 2.45) is 5.92 Å². The van der Waals surface area contributed by atoms with Crippen molar-refractivity contribution in [2.75, 3.05) is 30.9 Å². The molecule has 0 radical (unpaired) electrons. The highest BCUT2D eigenvalue weighted by molar-refractivity contribution is 5.90. The SMILES string of the molecule is COCC(C)CNc1ccc(C)c(NC(C)=O)c1. The number of carbonyl (C=O) groups excluding carboxylic acids is 1. The first kappa shape index (κ1) is 14.5. The van der Waals surface area contributed by atoms with Crippen molar-refractivity contribution < 1.29 is 9.53 Å². The largest absolute Gasteiger partial charge is 0.385 e. The first-order valence-electron chi connectivity index (χ1n) is 6.14. The number of benzene rings is 1. The van der Waals surface area contributed by atoms with Gasteiger partial charge in [0.05, 0.1) is 6.61 Å². The molecule has 0 fully saturated rings. The first-order chi connectivity index (χ1) is 8.52. The predicted octanol–water partition coefficient (Wildman–Crippen LogP) is 2.65. The summed E-state index contributed by atoms with van der Waals surface area (Å²) < 4.78 is 5.09. The molecule has 2 N–H and O–H groups in total. The number of amides is 1. The van der Waals surface area contributed by atoms with E-state index in [1.165, 1.54) is 6.92 Å². The molecular weight excluding hydrogens is 228 g/mol. The fourth-order valence-electron chi connectivity index (χ4n) is 1.69. The third-order valence-electron chi connectivity index (χ3n) is 2.65. The Morgan fingerprint density at radius 3 is 2.78 bits per heavy atom. The van der Waals surface area contributed by atoms with Gasteiger partial charge in [-0.05, 0) is 30.5 Å². The Kier molecular flexibility index (Phi) is 5.65. The van der Waals surface area contributed by atoms with Gasteiger partial charge in [-0.25, -0.2) is 0 Å². The lowest BCUT2D eigenvalue weighted by atomic mass is 10.1. The molecule has 0 aliphatic rings. The van der Waals surface area contributed by atoms with Gasteiger partial charge in [-0.15, -0.1) is 0 Å². The zero-order valence-electron chi connectivity index (χ0n) is 11.5. The van der Waals surface area contributed by atoms with E-state index in [4.69, 9.17) is 4.74 Å². The van der Waals surface area contributed by atoms with E-state index in [9.17, 15) is 4.79 Å². The van der Waals surface area contributed by atoms with Crippen LogP contribution in [-0.2, 0) is 9.53 Å². The minimum atomic E-state index is -0.0528. The number of nitrogens with one attached hydrogen (secondary N) is 2. The fourth-order valence-corrected chi connectivity index (χ4v) is 1.69. The lowest BCUT2D eigenvalue weighted by Crippen LogP contribution is -2.16.